The van der Waals surface area contributed by atoms with Crippen molar-refractivity contribution >= 4 is 27.3 Å². The normalized spacial score (nSPS) is 11.8. The number of nitrogens with one attached hydrogen (secondary N) is 1. The van der Waals surface area contributed by atoms with Gasteiger partial charge in [0.05, 0.1) is 10.6 Å². The summed E-state index contributed by atoms with van der Waals surface area (Å²) < 4.78 is 28.2. The zero-order valence-corrected chi connectivity index (χ0v) is 20.9. The lowest BCUT2D eigenvalue weighted by Gasteiger charge is -2.24. The molecule has 0 aliphatic heterocycles. The van der Waals surface area contributed by atoms with Crippen molar-refractivity contribution in [3.63, 3.8) is 0 Å². The molecule has 34 heavy (non-hydrogen) atoms. The van der Waals surface area contributed by atoms with Gasteiger partial charge in [-0.3, -0.25) is 9.10 Å². The molecule has 0 heterocycles. The van der Waals surface area contributed by atoms with E-state index in [0.717, 1.165) is 33.1 Å². The fraction of sp³-hybridized carbons (Fsp3) is 0.259. The molecule has 0 aromatic heterocycles. The van der Waals surface area contributed by atoms with Gasteiger partial charge >= 0.3 is 0 Å². The van der Waals surface area contributed by atoms with Crippen LogP contribution >= 0.6 is 0 Å². The maximum atomic E-state index is 13.5. The number of amides is 1. The summed E-state index contributed by atoms with van der Waals surface area (Å²) in [4.78, 5) is 12.9. The predicted molar refractivity (Wildman–Crippen MR) is 138 cm³/mol. The molecule has 3 aromatic carbocycles. The highest BCUT2D eigenvalue weighted by molar-refractivity contribution is 7.92. The van der Waals surface area contributed by atoms with Gasteiger partial charge in [0.2, 0.25) is 0 Å². The molecule has 0 bridgehead atoms. The largest absolute Gasteiger partial charge is 0.271 e. The van der Waals surface area contributed by atoms with E-state index in [1.165, 1.54) is 5.56 Å². The third kappa shape index (κ3) is 6.78. The minimum Gasteiger partial charge on any atom is -0.271 e. The molecule has 0 aliphatic carbocycles. The summed E-state index contributed by atoms with van der Waals surface area (Å²) in [6.45, 7) is 7.15. The molecular weight excluding hydrogens is 446 g/mol. The van der Waals surface area contributed by atoms with Crippen LogP contribution in [-0.4, -0.2) is 26.6 Å². The topological polar surface area (TPSA) is 78.8 Å². The molecule has 0 fully saturated rings. The second kappa shape index (κ2) is 11.1. The van der Waals surface area contributed by atoms with E-state index in [0.29, 0.717) is 12.1 Å². The fourth-order valence-corrected chi connectivity index (χ4v) is 5.00. The Morgan fingerprint density at radius 1 is 0.882 bits per heavy atom. The van der Waals surface area contributed by atoms with Crippen molar-refractivity contribution in [1.82, 2.24) is 5.43 Å². The van der Waals surface area contributed by atoms with Crippen LogP contribution < -0.4 is 9.73 Å². The molecule has 3 rings (SSSR count). The van der Waals surface area contributed by atoms with E-state index in [1.54, 1.807) is 36.4 Å². The minimum absolute atomic E-state index is 0.132. The first-order valence-electron chi connectivity index (χ1n) is 11.2. The van der Waals surface area contributed by atoms with E-state index in [2.05, 4.69) is 10.5 Å². The van der Waals surface area contributed by atoms with Gasteiger partial charge in [-0.15, -0.1) is 0 Å². The SMILES string of the molecule is C/C(CCc1ccccc1)=N/NC(=O)CN(c1cc(C)cc(C)c1)S(=O)(=O)c1ccc(C)cc1. The number of aryl methyl sites for hydroxylation is 4. The van der Waals surface area contributed by atoms with E-state index in [1.807, 2.05) is 64.1 Å². The summed E-state index contributed by atoms with van der Waals surface area (Å²) >= 11 is 0. The van der Waals surface area contributed by atoms with Crippen LogP contribution in [0.2, 0.25) is 0 Å². The Bertz CT molecular complexity index is 1250. The molecule has 7 heteroatoms. The first-order valence-corrected chi connectivity index (χ1v) is 12.6. The van der Waals surface area contributed by atoms with Crippen molar-refractivity contribution in [2.75, 3.05) is 10.8 Å². The van der Waals surface area contributed by atoms with E-state index >= 15 is 0 Å². The second-order valence-corrected chi connectivity index (χ2v) is 10.4. The van der Waals surface area contributed by atoms with Crippen LogP contribution in [0.3, 0.4) is 0 Å². The lowest BCUT2D eigenvalue weighted by molar-refractivity contribution is -0.119. The molecule has 178 valence electrons. The maximum Gasteiger partial charge on any atom is 0.264 e. The summed E-state index contributed by atoms with van der Waals surface area (Å²) in [6, 6.07) is 22.1. The molecular formula is C27H31N3O3S. The molecule has 3 aromatic rings. The number of carbonyl (C=O) groups excluding carboxylic acids is 1. The van der Waals surface area contributed by atoms with Crippen LogP contribution in [0.1, 0.15) is 35.6 Å². The number of hydrogen-bond acceptors (Lipinski definition) is 4. The summed E-state index contributed by atoms with van der Waals surface area (Å²) in [5.41, 5.74) is 7.69. The average Bonchev–Trinajstić information content (AvgIpc) is 2.80. The summed E-state index contributed by atoms with van der Waals surface area (Å²) in [5, 5.41) is 4.18. The zero-order valence-electron chi connectivity index (χ0n) is 20.1. The Morgan fingerprint density at radius 3 is 2.12 bits per heavy atom. The van der Waals surface area contributed by atoms with Crippen LogP contribution in [0.15, 0.2) is 82.8 Å². The van der Waals surface area contributed by atoms with E-state index < -0.39 is 15.9 Å². The van der Waals surface area contributed by atoms with E-state index in [9.17, 15) is 13.2 Å². The highest BCUT2D eigenvalue weighted by Gasteiger charge is 2.27. The highest BCUT2D eigenvalue weighted by Crippen LogP contribution is 2.26. The van der Waals surface area contributed by atoms with Gasteiger partial charge < -0.3 is 0 Å². The van der Waals surface area contributed by atoms with E-state index in [-0.39, 0.29) is 11.4 Å². The van der Waals surface area contributed by atoms with Gasteiger partial charge in [-0.1, -0.05) is 54.1 Å². The number of anilines is 1. The van der Waals surface area contributed by atoms with Crippen LogP contribution in [-0.2, 0) is 21.2 Å². The summed E-state index contributed by atoms with van der Waals surface area (Å²) in [5.74, 6) is -0.506. The standard InChI is InChI=1S/C27H31N3O3S/c1-20-10-14-26(15-11-20)34(32,33)30(25-17-21(2)16-22(3)18-25)19-27(31)29-28-23(4)12-13-24-8-6-5-7-9-24/h5-11,14-18H,12-13,19H2,1-4H3,(H,29,31)/b28-23-. The van der Waals surface area contributed by atoms with Gasteiger partial charge in [0.15, 0.2) is 0 Å². The first kappa shape index (κ1) is 25.2. The van der Waals surface area contributed by atoms with Crippen molar-refractivity contribution in [2.24, 2.45) is 5.10 Å². The lowest BCUT2D eigenvalue weighted by Crippen LogP contribution is -2.39. The molecule has 1 N–H and O–H groups in total. The first-order chi connectivity index (χ1) is 16.1. The van der Waals surface area contributed by atoms with Crippen molar-refractivity contribution in [3.05, 3.63) is 95.1 Å². The third-order valence-corrected chi connectivity index (χ3v) is 7.17. The van der Waals surface area contributed by atoms with Gasteiger partial charge in [-0.25, -0.2) is 13.8 Å². The monoisotopic (exact) mass is 477 g/mol. The number of hydrazone groups is 1. The number of sulfonamides is 1. The van der Waals surface area contributed by atoms with Crippen LogP contribution in [0.4, 0.5) is 5.69 Å². The van der Waals surface area contributed by atoms with Crippen LogP contribution in [0, 0.1) is 20.8 Å². The fourth-order valence-electron chi connectivity index (χ4n) is 3.60. The van der Waals surface area contributed by atoms with Gasteiger partial charge in [0, 0.05) is 5.71 Å². The summed E-state index contributed by atoms with van der Waals surface area (Å²) in [7, 11) is -3.96. The summed E-state index contributed by atoms with van der Waals surface area (Å²) in [6.07, 6.45) is 1.50. The molecule has 0 unspecified atom stereocenters. The quantitative estimate of drug-likeness (QED) is 0.350. The Kier molecular flexibility index (Phi) is 8.23. The van der Waals surface area contributed by atoms with E-state index in [4.69, 9.17) is 0 Å². The van der Waals surface area contributed by atoms with Crippen molar-refractivity contribution in [1.29, 1.82) is 0 Å². The van der Waals surface area contributed by atoms with Gasteiger partial charge in [0.25, 0.3) is 15.9 Å². The maximum absolute atomic E-state index is 13.5. The smallest absolute Gasteiger partial charge is 0.264 e. The van der Waals surface area contributed by atoms with Crippen molar-refractivity contribution < 1.29 is 13.2 Å². The van der Waals surface area contributed by atoms with Crippen LogP contribution in [0.25, 0.3) is 0 Å². The van der Waals surface area contributed by atoms with Gasteiger partial charge in [-0.2, -0.15) is 5.10 Å². The zero-order chi connectivity index (χ0) is 24.7. The van der Waals surface area contributed by atoms with Crippen molar-refractivity contribution in [2.45, 2.75) is 45.4 Å². The number of rotatable bonds is 9. The number of carbonyl (C=O) groups is 1. The molecule has 6 nitrogen and oxygen atoms in total. The molecule has 0 saturated carbocycles. The Morgan fingerprint density at radius 2 is 1.50 bits per heavy atom. The van der Waals surface area contributed by atoms with Crippen molar-refractivity contribution in [3.8, 4) is 0 Å². The van der Waals surface area contributed by atoms with Gasteiger partial charge in [0.1, 0.15) is 6.54 Å². The second-order valence-electron chi connectivity index (χ2n) is 8.54. The Hall–Kier alpha value is -3.45. The average molecular weight is 478 g/mol. The lowest BCUT2D eigenvalue weighted by atomic mass is 10.1. The molecule has 0 radical (unpaired) electrons. The number of hydrogen-bond donors (Lipinski definition) is 1. The number of nitrogens with zero attached hydrogens (tertiary/aromatic N) is 2. The predicted octanol–water partition coefficient (Wildman–Crippen LogP) is 4.93. The number of benzene rings is 3. The Balaban J connectivity index is 1.79. The molecule has 0 atom stereocenters. The molecule has 1 amide bonds. The van der Waals surface area contributed by atoms with Gasteiger partial charge in [-0.05, 0) is 81.5 Å². The minimum atomic E-state index is -3.96. The highest BCUT2D eigenvalue weighted by atomic mass is 32.2. The molecule has 0 saturated heterocycles. The molecule has 0 spiro atoms. The van der Waals surface area contributed by atoms with Crippen LogP contribution in [0.5, 0.6) is 0 Å². The third-order valence-electron chi connectivity index (χ3n) is 5.38. The molecule has 0 aliphatic rings. The Labute approximate surface area is 202 Å².